The van der Waals surface area contributed by atoms with Crippen LogP contribution >= 0.6 is 0 Å². The molecule has 0 aliphatic carbocycles. The summed E-state index contributed by atoms with van der Waals surface area (Å²) < 4.78 is 45.4. The van der Waals surface area contributed by atoms with Crippen LogP contribution in [0.15, 0.2) is 48.5 Å². The van der Waals surface area contributed by atoms with E-state index in [0.717, 1.165) is 11.8 Å². The molecule has 0 radical (unpaired) electrons. The van der Waals surface area contributed by atoms with Gasteiger partial charge in [0.2, 0.25) is 5.91 Å². The fourth-order valence-electron chi connectivity index (χ4n) is 4.28. The van der Waals surface area contributed by atoms with E-state index >= 15 is 0 Å². The summed E-state index contributed by atoms with van der Waals surface area (Å²) in [6.45, 7) is 5.55. The second kappa shape index (κ2) is 10.4. The zero-order valence-electron chi connectivity index (χ0n) is 18.9. The number of carbonyl (C=O) groups is 1. The largest absolute Gasteiger partial charge is 0.497 e. The lowest BCUT2D eigenvalue weighted by molar-refractivity contribution is -0.138. The van der Waals surface area contributed by atoms with Crippen LogP contribution < -0.4 is 9.64 Å². The predicted molar refractivity (Wildman–Crippen MR) is 120 cm³/mol. The molecule has 1 heterocycles. The van der Waals surface area contributed by atoms with E-state index in [1.54, 1.807) is 19.2 Å². The molecule has 7 heteroatoms. The van der Waals surface area contributed by atoms with Crippen molar-refractivity contribution >= 4 is 11.6 Å². The number of hydrogen-bond acceptors (Lipinski definition) is 3. The molecule has 0 N–H and O–H groups in total. The third-order valence-electron chi connectivity index (χ3n) is 5.82. The van der Waals surface area contributed by atoms with Crippen molar-refractivity contribution in [3.8, 4) is 5.75 Å². The minimum atomic E-state index is -4.36. The molecule has 2 aromatic carbocycles. The van der Waals surface area contributed by atoms with Crippen molar-refractivity contribution in [2.45, 2.75) is 51.9 Å². The summed E-state index contributed by atoms with van der Waals surface area (Å²) >= 11 is 0. The van der Waals surface area contributed by atoms with Crippen molar-refractivity contribution in [1.82, 2.24) is 4.90 Å². The van der Waals surface area contributed by atoms with Gasteiger partial charge in [0, 0.05) is 43.9 Å². The van der Waals surface area contributed by atoms with Crippen LogP contribution in [0.3, 0.4) is 0 Å². The molecule has 1 fully saturated rings. The molecule has 0 aromatic heterocycles. The van der Waals surface area contributed by atoms with E-state index in [1.165, 1.54) is 6.07 Å². The summed E-state index contributed by atoms with van der Waals surface area (Å²) in [5, 5.41) is 0. The summed E-state index contributed by atoms with van der Waals surface area (Å²) in [7, 11) is 1.59. The monoisotopic (exact) mass is 448 g/mol. The molecule has 1 saturated heterocycles. The predicted octanol–water partition coefficient (Wildman–Crippen LogP) is 5.76. The second-order valence-corrected chi connectivity index (χ2v) is 8.73. The number of carbonyl (C=O) groups excluding carboxylic acids is 1. The minimum absolute atomic E-state index is 0.00228. The third kappa shape index (κ3) is 6.03. The Labute approximate surface area is 188 Å². The average Bonchev–Trinajstić information content (AvgIpc) is 2.74. The van der Waals surface area contributed by atoms with Gasteiger partial charge < -0.3 is 9.64 Å². The van der Waals surface area contributed by atoms with E-state index in [1.807, 2.05) is 47.9 Å². The van der Waals surface area contributed by atoms with Crippen molar-refractivity contribution in [3.05, 3.63) is 59.7 Å². The van der Waals surface area contributed by atoms with E-state index in [-0.39, 0.29) is 24.4 Å². The molecule has 0 unspecified atom stereocenters. The Bertz CT molecular complexity index is 906. The lowest BCUT2D eigenvalue weighted by Crippen LogP contribution is -2.47. The maximum Gasteiger partial charge on any atom is 0.416 e. The highest BCUT2D eigenvalue weighted by Gasteiger charge is 2.34. The third-order valence-corrected chi connectivity index (χ3v) is 5.82. The number of ether oxygens (including phenoxy) is 1. The maximum absolute atomic E-state index is 13.3. The molecule has 0 bridgehead atoms. The second-order valence-electron chi connectivity index (χ2n) is 8.73. The summed E-state index contributed by atoms with van der Waals surface area (Å²) in [5.41, 5.74) is 0.516. The molecule has 1 aliphatic rings. The van der Waals surface area contributed by atoms with Gasteiger partial charge in [-0.3, -0.25) is 9.69 Å². The number of likely N-dealkylation sites (tertiary alicyclic amines) is 1. The van der Waals surface area contributed by atoms with E-state index < -0.39 is 11.7 Å². The van der Waals surface area contributed by atoms with Gasteiger partial charge in [-0.2, -0.15) is 13.2 Å². The topological polar surface area (TPSA) is 32.8 Å². The van der Waals surface area contributed by atoms with Crippen molar-refractivity contribution < 1.29 is 22.7 Å². The van der Waals surface area contributed by atoms with Gasteiger partial charge in [-0.25, -0.2) is 0 Å². The van der Waals surface area contributed by atoms with Crippen LogP contribution in [0.2, 0.25) is 0 Å². The number of nitrogens with zero attached hydrogens (tertiary/aromatic N) is 2. The van der Waals surface area contributed by atoms with E-state index in [4.69, 9.17) is 4.74 Å². The summed E-state index contributed by atoms with van der Waals surface area (Å²) in [5.74, 6) is 0.981. The molecule has 32 heavy (non-hydrogen) atoms. The van der Waals surface area contributed by atoms with Crippen molar-refractivity contribution in [1.29, 1.82) is 0 Å². The number of piperidine rings is 1. The van der Waals surface area contributed by atoms with Gasteiger partial charge >= 0.3 is 6.18 Å². The Kier molecular flexibility index (Phi) is 7.82. The van der Waals surface area contributed by atoms with E-state index in [9.17, 15) is 18.0 Å². The fourth-order valence-corrected chi connectivity index (χ4v) is 4.28. The van der Waals surface area contributed by atoms with Gasteiger partial charge in [0.1, 0.15) is 5.75 Å². The number of rotatable bonds is 7. The Morgan fingerprint density at radius 1 is 1.12 bits per heavy atom. The highest BCUT2D eigenvalue weighted by atomic mass is 19.4. The SMILES string of the molecule is COc1cccc(N(C(=O)CC(C)C)C2CCN(Cc3ccccc3C(F)(F)F)CC2)c1. The molecule has 174 valence electrons. The van der Waals surface area contributed by atoms with Crippen LogP contribution in [0.4, 0.5) is 18.9 Å². The molecule has 1 amide bonds. The van der Waals surface area contributed by atoms with Crippen LogP contribution in [-0.2, 0) is 17.5 Å². The summed E-state index contributed by atoms with van der Waals surface area (Å²) in [6, 6.07) is 13.2. The Morgan fingerprint density at radius 2 is 1.81 bits per heavy atom. The summed E-state index contributed by atoms with van der Waals surface area (Å²) in [6.07, 6.45) is -2.51. The fraction of sp³-hybridized carbons (Fsp3) is 0.480. The molecule has 4 nitrogen and oxygen atoms in total. The molecular formula is C25H31F3N2O2. The Morgan fingerprint density at radius 3 is 2.44 bits per heavy atom. The van der Waals surface area contributed by atoms with Crippen LogP contribution in [0.1, 0.15) is 44.2 Å². The molecular weight excluding hydrogens is 417 g/mol. The number of methoxy groups -OCH3 is 1. The lowest BCUT2D eigenvalue weighted by atomic mass is 9.99. The zero-order chi connectivity index (χ0) is 23.3. The number of hydrogen-bond donors (Lipinski definition) is 0. The molecule has 0 saturated carbocycles. The quantitative estimate of drug-likeness (QED) is 0.540. The first-order valence-corrected chi connectivity index (χ1v) is 11.0. The van der Waals surface area contributed by atoms with Crippen molar-refractivity contribution in [2.24, 2.45) is 5.92 Å². The van der Waals surface area contributed by atoms with Crippen LogP contribution in [0.25, 0.3) is 0 Å². The van der Waals surface area contributed by atoms with Crippen molar-refractivity contribution in [3.63, 3.8) is 0 Å². The van der Waals surface area contributed by atoms with Crippen LogP contribution in [-0.4, -0.2) is 37.0 Å². The standard InChI is InChI=1S/C25H31F3N2O2/c1-18(2)15-24(31)30(21-8-6-9-22(16-21)32-3)20-11-13-29(14-12-20)17-19-7-4-5-10-23(19)25(26,27)28/h4-10,16,18,20H,11-15,17H2,1-3H3. The van der Waals surface area contributed by atoms with Gasteiger partial charge in [-0.1, -0.05) is 38.1 Å². The molecule has 0 atom stereocenters. The number of alkyl halides is 3. The maximum atomic E-state index is 13.3. The molecule has 0 spiro atoms. The van der Waals surface area contributed by atoms with Crippen LogP contribution in [0, 0.1) is 5.92 Å². The van der Waals surface area contributed by atoms with Gasteiger partial charge in [-0.05, 0) is 42.5 Å². The average molecular weight is 449 g/mol. The zero-order valence-corrected chi connectivity index (χ0v) is 18.9. The van der Waals surface area contributed by atoms with Crippen molar-refractivity contribution in [2.75, 3.05) is 25.1 Å². The first-order valence-electron chi connectivity index (χ1n) is 11.0. The number of amides is 1. The summed E-state index contributed by atoms with van der Waals surface area (Å²) in [4.78, 5) is 17.0. The molecule has 3 rings (SSSR count). The van der Waals surface area contributed by atoms with Gasteiger partial charge in [0.25, 0.3) is 0 Å². The van der Waals surface area contributed by atoms with Gasteiger partial charge in [0.05, 0.1) is 12.7 Å². The molecule has 1 aliphatic heterocycles. The number of halogens is 3. The van der Waals surface area contributed by atoms with Gasteiger partial charge in [-0.15, -0.1) is 0 Å². The van der Waals surface area contributed by atoms with E-state index in [2.05, 4.69) is 0 Å². The first kappa shape index (κ1) is 24.1. The van der Waals surface area contributed by atoms with Gasteiger partial charge in [0.15, 0.2) is 0 Å². The Balaban J connectivity index is 1.73. The number of anilines is 1. The number of benzene rings is 2. The smallest absolute Gasteiger partial charge is 0.416 e. The van der Waals surface area contributed by atoms with Crippen LogP contribution in [0.5, 0.6) is 5.75 Å². The normalized spacial score (nSPS) is 15.7. The van der Waals surface area contributed by atoms with E-state index in [0.29, 0.717) is 43.7 Å². The Hall–Kier alpha value is -2.54. The highest BCUT2D eigenvalue weighted by molar-refractivity contribution is 5.94. The first-order chi connectivity index (χ1) is 15.2. The minimum Gasteiger partial charge on any atom is -0.497 e. The highest BCUT2D eigenvalue weighted by Crippen LogP contribution is 2.33. The molecule has 2 aromatic rings. The lowest BCUT2D eigenvalue weighted by Gasteiger charge is -2.39.